The van der Waals surface area contributed by atoms with E-state index in [1.807, 2.05) is 0 Å². The molecule has 1 rings (SSSR count). The summed E-state index contributed by atoms with van der Waals surface area (Å²) in [7, 11) is 0. The molecular formula is C21H36O4. The molecule has 0 spiro atoms. The molecule has 0 unspecified atom stereocenters. The van der Waals surface area contributed by atoms with E-state index in [2.05, 4.69) is 27.7 Å². The number of esters is 2. The highest BCUT2D eigenvalue weighted by molar-refractivity contribution is 6.00. The standard InChI is InChI=1S/C21H36O4/c1-5-7-13-24-20(22)18(15-16(3)4)19(17-11-9-10-12-17)21(23)25-14-8-6-2/h16-17H,5-15H2,1-4H3/b19-18-. The molecule has 0 aliphatic heterocycles. The molecular weight excluding hydrogens is 316 g/mol. The van der Waals surface area contributed by atoms with Gasteiger partial charge in [0.2, 0.25) is 0 Å². The van der Waals surface area contributed by atoms with Gasteiger partial charge in [0, 0.05) is 5.57 Å². The van der Waals surface area contributed by atoms with Crippen molar-refractivity contribution in [2.24, 2.45) is 11.8 Å². The Labute approximate surface area is 153 Å². The van der Waals surface area contributed by atoms with E-state index in [4.69, 9.17) is 9.47 Å². The third kappa shape index (κ3) is 7.62. The lowest BCUT2D eigenvalue weighted by atomic mass is 9.88. The quantitative estimate of drug-likeness (QED) is 0.291. The van der Waals surface area contributed by atoms with Gasteiger partial charge in [-0.2, -0.15) is 0 Å². The van der Waals surface area contributed by atoms with Gasteiger partial charge >= 0.3 is 11.9 Å². The fraction of sp³-hybridized carbons (Fsp3) is 0.810. The predicted octanol–water partition coefficient (Wildman–Crippen LogP) is 5.21. The van der Waals surface area contributed by atoms with E-state index in [1.165, 1.54) is 0 Å². The molecule has 1 fully saturated rings. The zero-order chi connectivity index (χ0) is 18.7. The van der Waals surface area contributed by atoms with Crippen LogP contribution in [0, 0.1) is 11.8 Å². The molecule has 0 amide bonds. The van der Waals surface area contributed by atoms with Gasteiger partial charge in [-0.25, -0.2) is 9.59 Å². The van der Waals surface area contributed by atoms with Gasteiger partial charge in [0.1, 0.15) is 0 Å². The van der Waals surface area contributed by atoms with Crippen LogP contribution in [-0.4, -0.2) is 25.2 Å². The van der Waals surface area contributed by atoms with Crippen LogP contribution in [0.3, 0.4) is 0 Å². The summed E-state index contributed by atoms with van der Waals surface area (Å²) in [4.78, 5) is 25.5. The van der Waals surface area contributed by atoms with Crippen LogP contribution in [0.4, 0.5) is 0 Å². The van der Waals surface area contributed by atoms with Crippen molar-refractivity contribution in [3.05, 3.63) is 11.1 Å². The maximum Gasteiger partial charge on any atom is 0.334 e. The van der Waals surface area contributed by atoms with Crippen LogP contribution in [0.2, 0.25) is 0 Å². The van der Waals surface area contributed by atoms with Gasteiger partial charge in [-0.05, 0) is 43.9 Å². The van der Waals surface area contributed by atoms with Crippen molar-refractivity contribution in [1.29, 1.82) is 0 Å². The van der Waals surface area contributed by atoms with Gasteiger partial charge in [-0.3, -0.25) is 0 Å². The number of rotatable bonds is 11. The molecule has 1 aliphatic carbocycles. The van der Waals surface area contributed by atoms with E-state index in [-0.39, 0.29) is 23.8 Å². The summed E-state index contributed by atoms with van der Waals surface area (Å²) in [5.74, 6) is -0.199. The monoisotopic (exact) mass is 352 g/mol. The highest BCUT2D eigenvalue weighted by Gasteiger charge is 2.32. The van der Waals surface area contributed by atoms with Crippen molar-refractivity contribution in [1.82, 2.24) is 0 Å². The molecule has 4 nitrogen and oxygen atoms in total. The predicted molar refractivity (Wildman–Crippen MR) is 100 cm³/mol. The lowest BCUT2D eigenvalue weighted by Crippen LogP contribution is -2.22. The minimum atomic E-state index is -0.323. The first kappa shape index (κ1) is 21.7. The van der Waals surface area contributed by atoms with E-state index >= 15 is 0 Å². The second-order valence-corrected chi connectivity index (χ2v) is 7.45. The number of carbonyl (C=O) groups is 2. The van der Waals surface area contributed by atoms with Crippen LogP contribution in [0.5, 0.6) is 0 Å². The summed E-state index contributed by atoms with van der Waals surface area (Å²) < 4.78 is 10.9. The van der Waals surface area contributed by atoms with Crippen molar-refractivity contribution in [2.45, 2.75) is 85.5 Å². The average molecular weight is 353 g/mol. The van der Waals surface area contributed by atoms with E-state index in [0.29, 0.717) is 30.8 Å². The second kappa shape index (κ2) is 12.1. The number of unbranched alkanes of at least 4 members (excludes halogenated alkanes) is 2. The summed E-state index contributed by atoms with van der Waals surface area (Å²) in [6.45, 7) is 9.10. The van der Waals surface area contributed by atoms with Gasteiger partial charge in [-0.15, -0.1) is 0 Å². The zero-order valence-electron chi connectivity index (χ0n) is 16.6. The molecule has 0 heterocycles. The SMILES string of the molecule is CCCCOC(=O)/C(CC(C)C)=C(\C(=O)OCCCC)C1CCCC1. The highest BCUT2D eigenvalue weighted by Crippen LogP contribution is 2.35. The van der Waals surface area contributed by atoms with Gasteiger partial charge in [0.05, 0.1) is 18.8 Å². The first-order valence-corrected chi connectivity index (χ1v) is 10.1. The molecule has 0 aromatic heterocycles. The largest absolute Gasteiger partial charge is 0.462 e. The van der Waals surface area contributed by atoms with Gasteiger partial charge < -0.3 is 9.47 Å². The maximum absolute atomic E-state index is 12.8. The Morgan fingerprint density at radius 2 is 1.44 bits per heavy atom. The number of carbonyl (C=O) groups excluding carboxylic acids is 2. The molecule has 144 valence electrons. The topological polar surface area (TPSA) is 52.6 Å². The summed E-state index contributed by atoms with van der Waals surface area (Å²) in [6.07, 6.45) is 8.36. The molecule has 0 aromatic rings. The molecule has 0 saturated heterocycles. The summed E-state index contributed by atoms with van der Waals surface area (Å²) >= 11 is 0. The van der Waals surface area contributed by atoms with E-state index in [9.17, 15) is 9.59 Å². The Hall–Kier alpha value is -1.32. The van der Waals surface area contributed by atoms with Gasteiger partial charge in [-0.1, -0.05) is 53.4 Å². The number of hydrogen-bond donors (Lipinski definition) is 0. The van der Waals surface area contributed by atoms with Crippen LogP contribution in [-0.2, 0) is 19.1 Å². The molecule has 0 radical (unpaired) electrons. The first-order valence-electron chi connectivity index (χ1n) is 10.1. The number of hydrogen-bond acceptors (Lipinski definition) is 4. The van der Waals surface area contributed by atoms with Crippen LogP contribution in [0.25, 0.3) is 0 Å². The Bertz CT molecular complexity index is 445. The van der Waals surface area contributed by atoms with E-state index in [0.717, 1.165) is 51.4 Å². The minimum absolute atomic E-state index is 0.140. The fourth-order valence-electron chi connectivity index (χ4n) is 3.25. The Morgan fingerprint density at radius 1 is 0.920 bits per heavy atom. The van der Waals surface area contributed by atoms with Crippen LogP contribution >= 0.6 is 0 Å². The van der Waals surface area contributed by atoms with Crippen LogP contribution in [0.15, 0.2) is 11.1 Å². The minimum Gasteiger partial charge on any atom is -0.462 e. The van der Waals surface area contributed by atoms with Gasteiger partial charge in [0.25, 0.3) is 0 Å². The Kier molecular flexibility index (Phi) is 10.5. The van der Waals surface area contributed by atoms with Crippen LogP contribution in [0.1, 0.15) is 85.5 Å². The summed E-state index contributed by atoms with van der Waals surface area (Å²) in [5, 5.41) is 0. The second-order valence-electron chi connectivity index (χ2n) is 7.45. The fourth-order valence-corrected chi connectivity index (χ4v) is 3.25. The van der Waals surface area contributed by atoms with Crippen LogP contribution < -0.4 is 0 Å². The Balaban J connectivity index is 3.07. The average Bonchev–Trinajstić information content (AvgIpc) is 3.08. The Morgan fingerprint density at radius 3 is 1.92 bits per heavy atom. The molecule has 1 aliphatic rings. The third-order valence-corrected chi connectivity index (χ3v) is 4.63. The summed E-state index contributed by atoms with van der Waals surface area (Å²) in [5.41, 5.74) is 1.16. The zero-order valence-corrected chi connectivity index (χ0v) is 16.6. The lowest BCUT2D eigenvalue weighted by molar-refractivity contribution is -0.143. The molecule has 0 atom stereocenters. The lowest BCUT2D eigenvalue weighted by Gasteiger charge is -2.20. The van der Waals surface area contributed by atoms with Crippen molar-refractivity contribution in [2.75, 3.05) is 13.2 Å². The van der Waals surface area contributed by atoms with Crippen molar-refractivity contribution in [3.8, 4) is 0 Å². The van der Waals surface area contributed by atoms with E-state index in [1.54, 1.807) is 0 Å². The number of ether oxygens (including phenoxy) is 2. The molecule has 25 heavy (non-hydrogen) atoms. The molecule has 4 heteroatoms. The van der Waals surface area contributed by atoms with Crippen molar-refractivity contribution >= 4 is 11.9 Å². The first-order chi connectivity index (χ1) is 12.0. The van der Waals surface area contributed by atoms with Crippen molar-refractivity contribution in [3.63, 3.8) is 0 Å². The normalized spacial score (nSPS) is 16.0. The smallest absolute Gasteiger partial charge is 0.334 e. The summed E-state index contributed by atoms with van der Waals surface area (Å²) in [6, 6.07) is 0. The third-order valence-electron chi connectivity index (χ3n) is 4.63. The highest BCUT2D eigenvalue weighted by atomic mass is 16.5. The van der Waals surface area contributed by atoms with E-state index < -0.39 is 0 Å². The molecule has 0 bridgehead atoms. The van der Waals surface area contributed by atoms with Gasteiger partial charge in [0.15, 0.2) is 0 Å². The maximum atomic E-state index is 12.8. The molecule has 0 N–H and O–H groups in total. The molecule has 1 saturated carbocycles. The van der Waals surface area contributed by atoms with Crippen molar-refractivity contribution < 1.29 is 19.1 Å². The molecule has 0 aromatic carbocycles.